The number of nitrogens with zero attached hydrogens (tertiary/aromatic N) is 1. The molecule has 0 atom stereocenters. The molecular formula is C9H9BrClNO3S. The number of aliphatic hydroxyl groups is 1. The highest BCUT2D eigenvalue weighted by Crippen LogP contribution is 2.28. The monoisotopic (exact) mass is 325 g/mol. The van der Waals surface area contributed by atoms with Crippen molar-refractivity contribution in [2.24, 2.45) is 0 Å². The fraction of sp³-hybridized carbons (Fsp3) is 0.333. The molecule has 0 amide bonds. The molecule has 0 aliphatic carbocycles. The van der Waals surface area contributed by atoms with Crippen molar-refractivity contribution in [2.45, 2.75) is 11.0 Å². The first-order valence-electron chi connectivity index (χ1n) is 4.54. The van der Waals surface area contributed by atoms with E-state index in [2.05, 4.69) is 15.9 Å². The van der Waals surface area contributed by atoms with Gasteiger partial charge >= 0.3 is 0 Å². The Bertz CT molecular complexity index is 513. The first-order chi connectivity index (χ1) is 7.41. The van der Waals surface area contributed by atoms with Crippen molar-refractivity contribution in [3.8, 4) is 0 Å². The lowest BCUT2D eigenvalue weighted by Gasteiger charge is -2.34. The third-order valence-corrected chi connectivity index (χ3v) is 5.40. The number of β-amino-alcohol motifs (C(OH)–C–C–N with tert-alkyl or cyclic N) is 1. The zero-order valence-corrected chi connectivity index (χ0v) is 11.3. The van der Waals surface area contributed by atoms with Crippen molar-refractivity contribution < 1.29 is 13.5 Å². The van der Waals surface area contributed by atoms with Crippen LogP contribution >= 0.6 is 27.5 Å². The summed E-state index contributed by atoms with van der Waals surface area (Å²) in [6.07, 6.45) is -0.550. The molecule has 0 spiro atoms. The van der Waals surface area contributed by atoms with Crippen molar-refractivity contribution in [1.82, 2.24) is 4.31 Å². The quantitative estimate of drug-likeness (QED) is 0.895. The molecule has 1 aliphatic heterocycles. The fourth-order valence-electron chi connectivity index (χ4n) is 1.40. The molecule has 0 bridgehead atoms. The fourth-order valence-corrected chi connectivity index (χ4v) is 3.59. The van der Waals surface area contributed by atoms with Gasteiger partial charge in [-0.1, -0.05) is 11.6 Å². The van der Waals surface area contributed by atoms with Gasteiger partial charge in [0.05, 0.1) is 16.0 Å². The molecule has 4 nitrogen and oxygen atoms in total. The highest BCUT2D eigenvalue weighted by molar-refractivity contribution is 9.10. The third-order valence-electron chi connectivity index (χ3n) is 2.36. The van der Waals surface area contributed by atoms with E-state index >= 15 is 0 Å². The average molecular weight is 327 g/mol. The van der Waals surface area contributed by atoms with E-state index in [-0.39, 0.29) is 18.0 Å². The van der Waals surface area contributed by atoms with Crippen LogP contribution in [0.25, 0.3) is 0 Å². The van der Waals surface area contributed by atoms with Crippen molar-refractivity contribution >= 4 is 37.6 Å². The Hall–Kier alpha value is -0.140. The molecule has 7 heteroatoms. The molecule has 1 saturated heterocycles. The van der Waals surface area contributed by atoms with Crippen molar-refractivity contribution in [3.63, 3.8) is 0 Å². The Kier molecular flexibility index (Phi) is 3.29. The van der Waals surface area contributed by atoms with E-state index in [1.165, 1.54) is 22.5 Å². The summed E-state index contributed by atoms with van der Waals surface area (Å²) in [6.45, 7) is 0.311. The van der Waals surface area contributed by atoms with Gasteiger partial charge in [-0.3, -0.25) is 0 Å². The van der Waals surface area contributed by atoms with E-state index in [1.807, 2.05) is 0 Å². The molecule has 2 rings (SSSR count). The number of benzene rings is 1. The van der Waals surface area contributed by atoms with Crippen LogP contribution in [-0.4, -0.2) is 37.0 Å². The second kappa shape index (κ2) is 4.27. The Morgan fingerprint density at radius 3 is 2.56 bits per heavy atom. The molecule has 0 radical (unpaired) electrons. The lowest BCUT2D eigenvalue weighted by molar-refractivity contribution is 0.0548. The zero-order valence-electron chi connectivity index (χ0n) is 8.10. The Morgan fingerprint density at radius 2 is 2.06 bits per heavy atom. The maximum absolute atomic E-state index is 12.0. The van der Waals surface area contributed by atoms with Crippen LogP contribution < -0.4 is 0 Å². The first kappa shape index (κ1) is 12.3. The number of sulfonamides is 1. The van der Waals surface area contributed by atoms with Crippen LogP contribution in [0.2, 0.25) is 5.02 Å². The molecule has 1 heterocycles. The van der Waals surface area contributed by atoms with Gasteiger partial charge < -0.3 is 5.11 Å². The number of aliphatic hydroxyl groups excluding tert-OH is 1. The van der Waals surface area contributed by atoms with Gasteiger partial charge in [0.15, 0.2) is 0 Å². The predicted molar refractivity (Wildman–Crippen MR) is 63.9 cm³/mol. The molecule has 0 aromatic heterocycles. The van der Waals surface area contributed by atoms with Crippen molar-refractivity contribution in [1.29, 1.82) is 0 Å². The summed E-state index contributed by atoms with van der Waals surface area (Å²) < 4.78 is 25.7. The van der Waals surface area contributed by atoms with Gasteiger partial charge in [0.2, 0.25) is 10.0 Å². The van der Waals surface area contributed by atoms with Crippen molar-refractivity contribution in [2.75, 3.05) is 13.1 Å². The second-order valence-electron chi connectivity index (χ2n) is 3.55. The summed E-state index contributed by atoms with van der Waals surface area (Å²) in [4.78, 5) is 0.177. The molecular weight excluding hydrogens is 318 g/mol. The van der Waals surface area contributed by atoms with E-state index in [0.29, 0.717) is 9.50 Å². The Morgan fingerprint density at radius 1 is 1.44 bits per heavy atom. The summed E-state index contributed by atoms with van der Waals surface area (Å²) in [5, 5.41) is 9.55. The van der Waals surface area contributed by atoms with Gasteiger partial charge in [0, 0.05) is 17.6 Å². The van der Waals surface area contributed by atoms with Gasteiger partial charge in [0.1, 0.15) is 0 Å². The Labute approximate surface area is 107 Å². The summed E-state index contributed by atoms with van der Waals surface area (Å²) >= 11 is 8.96. The lowest BCUT2D eigenvalue weighted by Crippen LogP contribution is -2.53. The smallest absolute Gasteiger partial charge is 0.243 e. The second-order valence-corrected chi connectivity index (χ2v) is 6.75. The van der Waals surface area contributed by atoms with E-state index in [4.69, 9.17) is 16.7 Å². The maximum atomic E-state index is 12.0. The van der Waals surface area contributed by atoms with E-state index in [1.54, 1.807) is 0 Å². The zero-order chi connectivity index (χ0) is 11.9. The van der Waals surface area contributed by atoms with Gasteiger partial charge in [-0.15, -0.1) is 0 Å². The molecule has 1 aliphatic rings. The molecule has 0 unspecified atom stereocenters. The van der Waals surface area contributed by atoms with Crippen LogP contribution in [0.4, 0.5) is 0 Å². The molecule has 1 fully saturated rings. The molecule has 1 N–H and O–H groups in total. The van der Waals surface area contributed by atoms with Crippen LogP contribution in [0.15, 0.2) is 27.6 Å². The predicted octanol–water partition coefficient (Wildman–Crippen LogP) is 1.47. The minimum absolute atomic E-state index is 0.155. The van der Waals surface area contributed by atoms with Crippen LogP contribution in [0.5, 0.6) is 0 Å². The maximum Gasteiger partial charge on any atom is 0.243 e. The Balaban J connectivity index is 2.33. The number of halogens is 2. The van der Waals surface area contributed by atoms with E-state index in [0.717, 1.165) is 0 Å². The minimum atomic E-state index is -3.49. The normalized spacial score (nSPS) is 18.4. The standard InChI is InChI=1S/C9H9BrClNO3S/c10-8-3-7(1-2-9(8)11)16(14,15)12-4-6(13)5-12/h1-3,6,13H,4-5H2. The topological polar surface area (TPSA) is 57.6 Å². The van der Waals surface area contributed by atoms with Gasteiger partial charge in [-0.25, -0.2) is 8.42 Å². The molecule has 0 saturated carbocycles. The molecule has 88 valence electrons. The minimum Gasteiger partial charge on any atom is -0.390 e. The van der Waals surface area contributed by atoms with Crippen molar-refractivity contribution in [3.05, 3.63) is 27.7 Å². The van der Waals surface area contributed by atoms with Crippen LogP contribution in [0.3, 0.4) is 0 Å². The van der Waals surface area contributed by atoms with Gasteiger partial charge in [0.25, 0.3) is 0 Å². The van der Waals surface area contributed by atoms with Crippen LogP contribution in [-0.2, 0) is 10.0 Å². The number of hydrogen-bond acceptors (Lipinski definition) is 3. The summed E-state index contributed by atoms with van der Waals surface area (Å²) in [5.41, 5.74) is 0. The summed E-state index contributed by atoms with van der Waals surface area (Å²) in [5.74, 6) is 0. The molecule has 16 heavy (non-hydrogen) atoms. The highest BCUT2D eigenvalue weighted by Gasteiger charge is 2.35. The number of hydrogen-bond donors (Lipinski definition) is 1. The SMILES string of the molecule is O=S(=O)(c1ccc(Cl)c(Br)c1)N1CC(O)C1. The molecule has 1 aromatic rings. The molecule has 1 aromatic carbocycles. The van der Waals surface area contributed by atoms with Crippen LogP contribution in [0, 0.1) is 0 Å². The lowest BCUT2D eigenvalue weighted by atomic mass is 10.2. The summed E-state index contributed by atoms with van der Waals surface area (Å²) in [7, 11) is -3.49. The average Bonchev–Trinajstić information content (AvgIpc) is 2.17. The number of rotatable bonds is 2. The van der Waals surface area contributed by atoms with Gasteiger partial charge in [-0.2, -0.15) is 4.31 Å². The van der Waals surface area contributed by atoms with E-state index < -0.39 is 16.1 Å². The third kappa shape index (κ3) is 2.12. The van der Waals surface area contributed by atoms with E-state index in [9.17, 15) is 8.42 Å². The van der Waals surface area contributed by atoms with Crippen LogP contribution in [0.1, 0.15) is 0 Å². The highest BCUT2D eigenvalue weighted by atomic mass is 79.9. The summed E-state index contributed by atoms with van der Waals surface area (Å²) in [6, 6.07) is 4.43. The first-order valence-corrected chi connectivity index (χ1v) is 7.15. The largest absolute Gasteiger partial charge is 0.390 e. The van der Waals surface area contributed by atoms with Gasteiger partial charge in [-0.05, 0) is 34.1 Å².